The summed E-state index contributed by atoms with van der Waals surface area (Å²) in [6, 6.07) is 11.7. The zero-order valence-electron chi connectivity index (χ0n) is 12.0. The summed E-state index contributed by atoms with van der Waals surface area (Å²) in [5.41, 5.74) is 5.27. The lowest BCUT2D eigenvalue weighted by Crippen LogP contribution is -2.29. The van der Waals surface area contributed by atoms with Gasteiger partial charge in [-0.15, -0.1) is 0 Å². The maximum Gasteiger partial charge on any atom is 0.416 e. The zero-order valence-corrected chi connectivity index (χ0v) is 13.6. The molecule has 0 bridgehead atoms. The van der Waals surface area contributed by atoms with Gasteiger partial charge in [-0.3, -0.25) is 15.6 Å². The van der Waals surface area contributed by atoms with E-state index in [2.05, 4.69) is 31.8 Å². The summed E-state index contributed by atoms with van der Waals surface area (Å²) >= 11 is 3.34. The molecule has 1 amide bonds. The molecule has 4 nitrogen and oxygen atoms in total. The van der Waals surface area contributed by atoms with Crippen molar-refractivity contribution in [2.45, 2.75) is 6.18 Å². The van der Waals surface area contributed by atoms with Gasteiger partial charge in [0.15, 0.2) is 0 Å². The van der Waals surface area contributed by atoms with Gasteiger partial charge in [-0.2, -0.15) is 13.2 Å². The van der Waals surface area contributed by atoms with Crippen molar-refractivity contribution in [3.63, 3.8) is 0 Å². The summed E-state index contributed by atoms with van der Waals surface area (Å²) in [5.74, 6) is -0.486. The van der Waals surface area contributed by atoms with Crippen LogP contribution in [0.15, 0.2) is 53.0 Å². The van der Waals surface area contributed by atoms with Gasteiger partial charge in [0.1, 0.15) is 5.69 Å². The number of carbonyl (C=O) groups is 1. The van der Waals surface area contributed by atoms with Gasteiger partial charge in [0.25, 0.3) is 5.91 Å². The van der Waals surface area contributed by atoms with E-state index in [0.29, 0.717) is 5.69 Å². The highest BCUT2D eigenvalue weighted by Gasteiger charge is 2.30. The second-order valence-electron chi connectivity index (χ2n) is 5.07. The first kappa shape index (κ1) is 16.4. The monoisotopic (exact) mass is 397 g/mol. The smallest absolute Gasteiger partial charge is 0.350 e. The lowest BCUT2D eigenvalue weighted by atomic mass is 10.2. The molecule has 0 radical (unpaired) electrons. The van der Waals surface area contributed by atoms with Crippen molar-refractivity contribution in [2.75, 3.05) is 5.43 Å². The van der Waals surface area contributed by atoms with Crippen LogP contribution in [0, 0.1) is 0 Å². The molecule has 24 heavy (non-hydrogen) atoms. The minimum atomic E-state index is -4.44. The third kappa shape index (κ3) is 3.53. The number of rotatable bonds is 3. The van der Waals surface area contributed by atoms with Crippen LogP contribution in [0.3, 0.4) is 0 Å². The molecule has 0 fully saturated rings. The Balaban J connectivity index is 1.73. The second-order valence-corrected chi connectivity index (χ2v) is 5.99. The van der Waals surface area contributed by atoms with Crippen LogP contribution in [0.4, 0.5) is 18.9 Å². The van der Waals surface area contributed by atoms with Gasteiger partial charge in [0, 0.05) is 15.4 Å². The quantitative estimate of drug-likeness (QED) is 0.560. The van der Waals surface area contributed by atoms with E-state index in [-0.39, 0.29) is 5.69 Å². The number of carbonyl (C=O) groups excluding carboxylic acids is 1. The normalized spacial score (nSPS) is 11.5. The Bertz CT molecular complexity index is 905. The van der Waals surface area contributed by atoms with Gasteiger partial charge in [0.2, 0.25) is 0 Å². The minimum absolute atomic E-state index is 0.136. The van der Waals surface area contributed by atoms with Crippen LogP contribution >= 0.6 is 15.9 Å². The van der Waals surface area contributed by atoms with Crippen molar-refractivity contribution >= 4 is 38.4 Å². The minimum Gasteiger partial charge on any atom is -0.350 e. The van der Waals surface area contributed by atoms with Crippen LogP contribution in [0.1, 0.15) is 16.1 Å². The maximum absolute atomic E-state index is 12.7. The van der Waals surface area contributed by atoms with Gasteiger partial charge >= 0.3 is 6.18 Å². The molecule has 1 aromatic heterocycles. The third-order valence-electron chi connectivity index (χ3n) is 3.34. The van der Waals surface area contributed by atoms with Gasteiger partial charge < -0.3 is 4.98 Å². The van der Waals surface area contributed by atoms with E-state index in [1.807, 2.05) is 18.2 Å². The van der Waals surface area contributed by atoms with Crippen LogP contribution in [0.2, 0.25) is 0 Å². The van der Waals surface area contributed by atoms with Crippen molar-refractivity contribution in [2.24, 2.45) is 0 Å². The number of nitrogens with one attached hydrogen (secondary N) is 3. The highest BCUT2D eigenvalue weighted by molar-refractivity contribution is 9.10. The van der Waals surface area contributed by atoms with Gasteiger partial charge in [0.05, 0.1) is 11.3 Å². The van der Waals surface area contributed by atoms with Crippen molar-refractivity contribution < 1.29 is 18.0 Å². The van der Waals surface area contributed by atoms with Crippen molar-refractivity contribution in [1.82, 2.24) is 10.4 Å². The number of hydrogen-bond acceptors (Lipinski definition) is 2. The summed E-state index contributed by atoms with van der Waals surface area (Å²) in [6.07, 6.45) is -4.44. The number of halogens is 4. The van der Waals surface area contributed by atoms with Crippen molar-refractivity contribution in [1.29, 1.82) is 0 Å². The molecule has 0 unspecified atom stereocenters. The van der Waals surface area contributed by atoms with E-state index < -0.39 is 17.6 Å². The number of anilines is 1. The Hall–Kier alpha value is -2.48. The van der Waals surface area contributed by atoms with Crippen LogP contribution in [-0.2, 0) is 6.18 Å². The van der Waals surface area contributed by atoms with Crippen LogP contribution in [0.25, 0.3) is 10.9 Å². The lowest BCUT2D eigenvalue weighted by molar-refractivity contribution is -0.137. The standard InChI is InChI=1S/C16H11BrF3N3O/c17-11-4-5-13-9(6-11)7-14(21-13)15(24)23-22-12-3-1-2-10(8-12)16(18,19)20/h1-8,21-22H,(H,23,24). The number of hydrogen-bond donors (Lipinski definition) is 3. The molecule has 8 heteroatoms. The number of amides is 1. The molecule has 0 saturated heterocycles. The molecule has 0 spiro atoms. The van der Waals surface area contributed by atoms with E-state index in [9.17, 15) is 18.0 Å². The number of hydrazine groups is 1. The zero-order chi connectivity index (χ0) is 17.3. The van der Waals surface area contributed by atoms with E-state index in [1.54, 1.807) is 6.07 Å². The summed E-state index contributed by atoms with van der Waals surface area (Å²) in [6.45, 7) is 0. The maximum atomic E-state index is 12.7. The molecule has 0 saturated carbocycles. The van der Waals surface area contributed by atoms with Crippen LogP contribution < -0.4 is 10.9 Å². The average molecular weight is 398 g/mol. The summed E-state index contributed by atoms with van der Waals surface area (Å²) in [7, 11) is 0. The molecule has 3 aromatic rings. The highest BCUT2D eigenvalue weighted by atomic mass is 79.9. The van der Waals surface area contributed by atoms with E-state index in [1.165, 1.54) is 12.1 Å². The SMILES string of the molecule is O=C(NNc1cccc(C(F)(F)F)c1)c1cc2cc(Br)ccc2[nH]1. The Morgan fingerprint density at radius 2 is 1.88 bits per heavy atom. The molecule has 124 valence electrons. The predicted octanol–water partition coefficient (Wildman–Crippen LogP) is 4.71. The third-order valence-corrected chi connectivity index (χ3v) is 3.83. The Morgan fingerprint density at radius 1 is 1.08 bits per heavy atom. The first-order valence-corrected chi connectivity index (χ1v) is 7.64. The Kier molecular flexibility index (Phi) is 4.23. The topological polar surface area (TPSA) is 56.9 Å². The van der Waals surface area contributed by atoms with E-state index >= 15 is 0 Å². The van der Waals surface area contributed by atoms with E-state index in [4.69, 9.17) is 0 Å². The number of benzene rings is 2. The predicted molar refractivity (Wildman–Crippen MR) is 88.5 cm³/mol. The largest absolute Gasteiger partial charge is 0.416 e. The fourth-order valence-corrected chi connectivity index (χ4v) is 2.57. The molecule has 1 heterocycles. The van der Waals surface area contributed by atoms with Crippen LogP contribution in [0.5, 0.6) is 0 Å². The van der Waals surface area contributed by atoms with Crippen LogP contribution in [-0.4, -0.2) is 10.9 Å². The van der Waals surface area contributed by atoms with Gasteiger partial charge in [-0.1, -0.05) is 22.0 Å². The molecular formula is C16H11BrF3N3O. The molecule has 0 atom stereocenters. The molecule has 2 aromatic carbocycles. The average Bonchev–Trinajstić information content (AvgIpc) is 2.95. The number of fused-ring (bicyclic) bond motifs is 1. The summed E-state index contributed by atoms with van der Waals surface area (Å²) in [5, 5.41) is 0.841. The fourth-order valence-electron chi connectivity index (χ4n) is 2.20. The number of alkyl halides is 3. The fraction of sp³-hybridized carbons (Fsp3) is 0.0625. The molecule has 0 aliphatic carbocycles. The molecule has 0 aliphatic heterocycles. The molecular weight excluding hydrogens is 387 g/mol. The van der Waals surface area contributed by atoms with Gasteiger partial charge in [-0.05, 0) is 42.5 Å². The van der Waals surface area contributed by atoms with Crippen molar-refractivity contribution in [3.8, 4) is 0 Å². The Morgan fingerprint density at radius 3 is 2.62 bits per heavy atom. The molecule has 0 aliphatic rings. The summed E-state index contributed by atoms with van der Waals surface area (Å²) < 4.78 is 38.9. The lowest BCUT2D eigenvalue weighted by Gasteiger charge is -2.11. The molecule has 3 N–H and O–H groups in total. The Labute approximate surface area is 143 Å². The second kappa shape index (κ2) is 6.20. The van der Waals surface area contributed by atoms with Gasteiger partial charge in [-0.25, -0.2) is 0 Å². The number of H-pyrrole nitrogens is 1. The number of aromatic nitrogens is 1. The van der Waals surface area contributed by atoms with E-state index in [0.717, 1.165) is 27.5 Å². The highest BCUT2D eigenvalue weighted by Crippen LogP contribution is 2.30. The first-order chi connectivity index (χ1) is 11.3. The molecule has 3 rings (SSSR count). The number of aromatic amines is 1. The van der Waals surface area contributed by atoms with Crippen molar-refractivity contribution in [3.05, 3.63) is 64.3 Å². The summed E-state index contributed by atoms with van der Waals surface area (Å²) in [4.78, 5) is 15.1. The first-order valence-electron chi connectivity index (χ1n) is 6.85.